The molecule has 0 atom stereocenters. The van der Waals surface area contributed by atoms with Gasteiger partial charge in [-0.05, 0) is 18.2 Å². The van der Waals surface area contributed by atoms with Crippen LogP contribution in [0.1, 0.15) is 0 Å². The molecule has 0 aliphatic rings. The molecular weight excluding hydrogens is 244 g/mol. The van der Waals surface area contributed by atoms with Gasteiger partial charge in [0.25, 0.3) is 0 Å². The number of hydrogen-bond acceptors (Lipinski definition) is 5. The van der Waals surface area contributed by atoms with E-state index in [-0.39, 0.29) is 18.4 Å². The van der Waals surface area contributed by atoms with Crippen LogP contribution in [0.2, 0.25) is 0 Å². The van der Waals surface area contributed by atoms with Gasteiger partial charge >= 0.3 is 0 Å². The van der Waals surface area contributed by atoms with Gasteiger partial charge in [0.2, 0.25) is 11.9 Å². The molecule has 0 aliphatic heterocycles. The van der Waals surface area contributed by atoms with E-state index in [0.717, 1.165) is 11.4 Å². The number of rotatable bonds is 4. The predicted octanol–water partition coefficient (Wildman–Crippen LogP) is 0.565. The standard InChI is InChI=1S/C12H16N6O/c1-17(2)10-5-3-4-9(6-10)15-11(19)7-18-8-14-12(13)16-18/h3-6,8H,7H2,1-2H3,(H2,13,16)(H,15,19). The Balaban J connectivity index is 2.00. The fourth-order valence-corrected chi connectivity index (χ4v) is 1.59. The van der Waals surface area contributed by atoms with Gasteiger partial charge in [-0.2, -0.15) is 0 Å². The van der Waals surface area contributed by atoms with Crippen molar-refractivity contribution in [1.29, 1.82) is 0 Å². The number of benzene rings is 1. The molecule has 7 heteroatoms. The third-order valence-corrected chi connectivity index (χ3v) is 2.51. The van der Waals surface area contributed by atoms with Gasteiger partial charge in [0.15, 0.2) is 0 Å². The van der Waals surface area contributed by atoms with E-state index >= 15 is 0 Å². The van der Waals surface area contributed by atoms with Crippen molar-refractivity contribution < 1.29 is 4.79 Å². The highest BCUT2D eigenvalue weighted by molar-refractivity contribution is 5.91. The number of nitrogens with one attached hydrogen (secondary N) is 1. The number of carbonyl (C=O) groups excluding carboxylic acids is 1. The third kappa shape index (κ3) is 3.44. The van der Waals surface area contributed by atoms with Gasteiger partial charge < -0.3 is 16.0 Å². The van der Waals surface area contributed by atoms with E-state index in [4.69, 9.17) is 5.73 Å². The summed E-state index contributed by atoms with van der Waals surface area (Å²) in [6, 6.07) is 7.58. The first-order chi connectivity index (χ1) is 9.04. The van der Waals surface area contributed by atoms with Gasteiger partial charge in [0.05, 0.1) is 0 Å². The molecule has 0 radical (unpaired) electrons. The molecule has 19 heavy (non-hydrogen) atoms. The van der Waals surface area contributed by atoms with E-state index in [1.165, 1.54) is 11.0 Å². The van der Waals surface area contributed by atoms with Crippen LogP contribution in [0, 0.1) is 0 Å². The summed E-state index contributed by atoms with van der Waals surface area (Å²) in [7, 11) is 3.89. The van der Waals surface area contributed by atoms with Crippen molar-refractivity contribution in [3.8, 4) is 0 Å². The molecule has 1 heterocycles. The van der Waals surface area contributed by atoms with Crippen molar-refractivity contribution in [2.75, 3.05) is 30.0 Å². The number of hydrogen-bond donors (Lipinski definition) is 2. The molecule has 100 valence electrons. The Morgan fingerprint density at radius 3 is 2.89 bits per heavy atom. The molecule has 0 saturated heterocycles. The third-order valence-electron chi connectivity index (χ3n) is 2.51. The van der Waals surface area contributed by atoms with E-state index in [9.17, 15) is 4.79 Å². The predicted molar refractivity (Wildman–Crippen MR) is 73.8 cm³/mol. The zero-order valence-corrected chi connectivity index (χ0v) is 10.9. The SMILES string of the molecule is CN(C)c1cccc(NC(=O)Cn2cnc(N)n2)c1. The highest BCUT2D eigenvalue weighted by Crippen LogP contribution is 2.17. The molecule has 2 aromatic rings. The maximum Gasteiger partial charge on any atom is 0.246 e. The van der Waals surface area contributed by atoms with Crippen molar-refractivity contribution in [2.24, 2.45) is 0 Å². The van der Waals surface area contributed by atoms with Crippen LogP contribution in [-0.2, 0) is 11.3 Å². The minimum atomic E-state index is -0.180. The highest BCUT2D eigenvalue weighted by Gasteiger charge is 2.06. The van der Waals surface area contributed by atoms with Crippen LogP contribution < -0.4 is 16.0 Å². The van der Waals surface area contributed by atoms with Gasteiger partial charge in [-0.25, -0.2) is 9.67 Å². The topological polar surface area (TPSA) is 89.1 Å². The quantitative estimate of drug-likeness (QED) is 0.838. The summed E-state index contributed by atoms with van der Waals surface area (Å²) < 4.78 is 1.39. The summed E-state index contributed by atoms with van der Waals surface area (Å²) in [5, 5.41) is 6.65. The molecule has 0 bridgehead atoms. The second-order valence-corrected chi connectivity index (χ2v) is 4.29. The fraction of sp³-hybridized carbons (Fsp3) is 0.250. The summed E-state index contributed by atoms with van der Waals surface area (Å²) in [6.07, 6.45) is 1.42. The van der Waals surface area contributed by atoms with Crippen LogP contribution in [0.15, 0.2) is 30.6 Å². The summed E-state index contributed by atoms with van der Waals surface area (Å²) in [5.74, 6) is -0.0248. The maximum atomic E-state index is 11.8. The molecule has 3 N–H and O–H groups in total. The van der Waals surface area contributed by atoms with Gasteiger partial charge in [-0.3, -0.25) is 4.79 Å². The number of carbonyl (C=O) groups is 1. The van der Waals surface area contributed by atoms with E-state index in [1.807, 2.05) is 43.3 Å². The molecule has 7 nitrogen and oxygen atoms in total. The van der Waals surface area contributed by atoms with E-state index < -0.39 is 0 Å². The number of nitrogens with two attached hydrogens (primary N) is 1. The molecule has 1 aromatic heterocycles. The minimum absolute atomic E-state index is 0.0798. The first-order valence-corrected chi connectivity index (χ1v) is 5.77. The monoisotopic (exact) mass is 260 g/mol. The summed E-state index contributed by atoms with van der Waals surface area (Å²) in [6.45, 7) is 0.0798. The molecule has 0 spiro atoms. The second kappa shape index (κ2) is 5.38. The lowest BCUT2D eigenvalue weighted by atomic mass is 10.2. The second-order valence-electron chi connectivity index (χ2n) is 4.29. The number of nitrogens with zero attached hydrogens (tertiary/aromatic N) is 4. The Labute approximate surface area is 111 Å². The van der Waals surface area contributed by atoms with Crippen LogP contribution in [0.5, 0.6) is 0 Å². The Hall–Kier alpha value is -2.57. The van der Waals surface area contributed by atoms with E-state index in [0.29, 0.717) is 0 Å². The van der Waals surface area contributed by atoms with Crippen molar-refractivity contribution in [3.05, 3.63) is 30.6 Å². The van der Waals surface area contributed by atoms with Crippen LogP contribution in [0.4, 0.5) is 17.3 Å². The summed E-state index contributed by atoms with van der Waals surface area (Å²) in [5.41, 5.74) is 7.14. The molecule has 2 rings (SSSR count). The van der Waals surface area contributed by atoms with Gasteiger partial charge in [-0.15, -0.1) is 5.10 Å². The molecular formula is C12H16N6O. The first-order valence-electron chi connectivity index (χ1n) is 5.77. The first kappa shape index (κ1) is 12.9. The van der Waals surface area contributed by atoms with Crippen molar-refractivity contribution in [2.45, 2.75) is 6.54 Å². The number of nitrogen functional groups attached to an aromatic ring is 1. The largest absolute Gasteiger partial charge is 0.378 e. The Bertz CT molecular complexity index is 577. The van der Waals surface area contributed by atoms with Crippen molar-refractivity contribution >= 4 is 23.2 Å². The molecule has 0 fully saturated rings. The maximum absolute atomic E-state index is 11.8. The smallest absolute Gasteiger partial charge is 0.246 e. The van der Waals surface area contributed by atoms with Crippen LogP contribution in [0.3, 0.4) is 0 Å². The minimum Gasteiger partial charge on any atom is -0.378 e. The van der Waals surface area contributed by atoms with E-state index in [2.05, 4.69) is 15.4 Å². The lowest BCUT2D eigenvalue weighted by Gasteiger charge is -2.14. The van der Waals surface area contributed by atoms with Crippen LogP contribution in [0.25, 0.3) is 0 Å². The van der Waals surface area contributed by atoms with E-state index in [1.54, 1.807) is 0 Å². The zero-order chi connectivity index (χ0) is 13.8. The Kier molecular flexibility index (Phi) is 3.65. The highest BCUT2D eigenvalue weighted by atomic mass is 16.2. The fourth-order valence-electron chi connectivity index (χ4n) is 1.59. The van der Waals surface area contributed by atoms with Gasteiger partial charge in [-0.1, -0.05) is 6.07 Å². The number of amides is 1. The Morgan fingerprint density at radius 2 is 2.26 bits per heavy atom. The molecule has 0 saturated carbocycles. The van der Waals surface area contributed by atoms with Crippen LogP contribution >= 0.6 is 0 Å². The van der Waals surface area contributed by atoms with Crippen molar-refractivity contribution in [1.82, 2.24) is 14.8 Å². The van der Waals surface area contributed by atoms with Gasteiger partial charge in [0.1, 0.15) is 12.9 Å². The average molecular weight is 260 g/mol. The Morgan fingerprint density at radius 1 is 1.47 bits per heavy atom. The normalized spacial score (nSPS) is 10.2. The molecule has 1 aromatic carbocycles. The lowest BCUT2D eigenvalue weighted by Crippen LogP contribution is -2.19. The molecule has 0 aliphatic carbocycles. The summed E-state index contributed by atoms with van der Waals surface area (Å²) >= 11 is 0. The number of aromatic nitrogens is 3. The zero-order valence-electron chi connectivity index (χ0n) is 10.9. The lowest BCUT2D eigenvalue weighted by molar-refractivity contribution is -0.116. The van der Waals surface area contributed by atoms with Crippen LogP contribution in [-0.4, -0.2) is 34.8 Å². The van der Waals surface area contributed by atoms with Gasteiger partial charge in [0, 0.05) is 25.5 Å². The molecule has 1 amide bonds. The number of anilines is 3. The summed E-state index contributed by atoms with van der Waals surface area (Å²) in [4.78, 5) is 17.5. The van der Waals surface area contributed by atoms with Crippen molar-refractivity contribution in [3.63, 3.8) is 0 Å². The molecule has 0 unspecified atom stereocenters. The average Bonchev–Trinajstić information content (AvgIpc) is 2.74.